The second-order valence-corrected chi connectivity index (χ2v) is 14.8. The predicted octanol–water partition coefficient (Wildman–Crippen LogP) is 4.56. The highest BCUT2D eigenvalue weighted by molar-refractivity contribution is 7.90. The van der Waals surface area contributed by atoms with Crippen LogP contribution < -0.4 is 19.7 Å². The Hall–Kier alpha value is -3.88. The molecule has 2 fully saturated rings. The molecule has 3 aromatic heterocycles. The van der Waals surface area contributed by atoms with Crippen LogP contribution in [0.1, 0.15) is 57.3 Å². The number of carbonyl (C=O) groups excluding carboxylic acids is 1. The van der Waals surface area contributed by atoms with E-state index in [1.54, 1.807) is 12.1 Å². The molecule has 11 nitrogen and oxygen atoms in total. The van der Waals surface area contributed by atoms with Crippen LogP contribution in [0.25, 0.3) is 5.82 Å². The third kappa shape index (κ3) is 5.46. The molecule has 236 valence electrons. The van der Waals surface area contributed by atoms with Crippen molar-refractivity contribution in [1.82, 2.24) is 24.5 Å². The molecule has 2 aliphatic heterocycles. The van der Waals surface area contributed by atoms with Gasteiger partial charge in [0.2, 0.25) is 5.88 Å². The number of rotatable bonds is 4. The van der Waals surface area contributed by atoms with Gasteiger partial charge in [0.05, 0.1) is 11.0 Å². The van der Waals surface area contributed by atoms with Crippen LogP contribution in [0.4, 0.5) is 24.8 Å². The number of pyridine rings is 2. The zero-order valence-electron chi connectivity index (χ0n) is 24.8. The number of amides is 1. The van der Waals surface area contributed by atoms with Gasteiger partial charge in [0, 0.05) is 30.9 Å². The van der Waals surface area contributed by atoms with Crippen molar-refractivity contribution in [1.29, 1.82) is 0 Å². The van der Waals surface area contributed by atoms with Crippen molar-refractivity contribution in [3.8, 4) is 11.7 Å². The maximum atomic E-state index is 13.6. The second-order valence-electron chi connectivity index (χ2n) is 13.2. The van der Waals surface area contributed by atoms with Gasteiger partial charge >= 0.3 is 6.18 Å². The van der Waals surface area contributed by atoms with Gasteiger partial charge in [-0.3, -0.25) is 4.79 Å². The number of sulfonamides is 1. The number of alkyl halides is 3. The Morgan fingerprint density at radius 1 is 1.11 bits per heavy atom. The van der Waals surface area contributed by atoms with E-state index in [0.717, 1.165) is 33.1 Å². The maximum absolute atomic E-state index is 13.6. The van der Waals surface area contributed by atoms with Crippen LogP contribution in [0.15, 0.2) is 47.6 Å². The Morgan fingerprint density at radius 3 is 2.64 bits per heavy atom. The lowest BCUT2D eigenvalue weighted by Crippen LogP contribution is -2.41. The van der Waals surface area contributed by atoms with Crippen molar-refractivity contribution < 1.29 is 31.1 Å². The minimum absolute atomic E-state index is 0.0197. The number of nitrogens with one attached hydrogen (secondary N) is 2. The lowest BCUT2D eigenvalue weighted by atomic mass is 9.92. The van der Waals surface area contributed by atoms with Gasteiger partial charge in [0.1, 0.15) is 18.2 Å². The molecule has 44 heavy (non-hydrogen) atoms. The summed E-state index contributed by atoms with van der Waals surface area (Å²) in [6.07, 6.45) is -0.198. The number of carbonyl (C=O) groups is 1. The smallest absolute Gasteiger partial charge is 0.397 e. The normalized spacial score (nSPS) is 24.2. The van der Waals surface area contributed by atoms with Crippen LogP contribution in [-0.4, -0.2) is 65.5 Å². The van der Waals surface area contributed by atoms with Gasteiger partial charge in [0.15, 0.2) is 10.8 Å². The van der Waals surface area contributed by atoms with Gasteiger partial charge in [-0.05, 0) is 82.6 Å². The summed E-state index contributed by atoms with van der Waals surface area (Å²) >= 11 is 0. The number of aromatic nitrogens is 4. The van der Waals surface area contributed by atoms with E-state index in [1.807, 2.05) is 0 Å². The minimum atomic E-state index is -4.45. The number of hydrogen-bond donors (Lipinski definition) is 2. The Bertz CT molecular complexity index is 1720. The highest BCUT2D eigenvalue weighted by Crippen LogP contribution is 2.64. The molecule has 1 amide bonds. The highest BCUT2D eigenvalue weighted by atomic mass is 32.2. The molecule has 3 aromatic rings. The van der Waals surface area contributed by atoms with Gasteiger partial charge in [-0.25, -0.2) is 19.4 Å². The minimum Gasteiger partial charge on any atom is -0.476 e. The van der Waals surface area contributed by atoms with Crippen molar-refractivity contribution in [3.05, 3.63) is 48.2 Å². The van der Waals surface area contributed by atoms with E-state index in [2.05, 4.69) is 38.9 Å². The molecular weight excluding hydrogens is 599 g/mol. The van der Waals surface area contributed by atoms with Crippen molar-refractivity contribution >= 4 is 27.6 Å². The fourth-order valence-corrected chi connectivity index (χ4v) is 7.15. The van der Waals surface area contributed by atoms with Crippen LogP contribution >= 0.6 is 0 Å². The van der Waals surface area contributed by atoms with E-state index in [9.17, 15) is 26.4 Å². The molecule has 1 aliphatic carbocycles. The number of halogens is 3. The molecule has 0 radical (unpaired) electrons. The standard InChI is InChI=1S/C29H34F3N7O4S/c1-26(2,29(30,31)32)17-43-22-11-13-39(36-22)21-9-8-19-24(35-21)38-16-28(15-27(38,3)4)14-18(28)10-12-33-20-6-5-7-23(34-20)44(41,42)37-25(19)40/h5-9,11,13,18H,10,12,14-17H2,1-4H3,(H,33,34)(H,37,40). The third-order valence-electron chi connectivity index (χ3n) is 8.88. The van der Waals surface area contributed by atoms with Gasteiger partial charge in [-0.15, -0.1) is 5.10 Å². The average Bonchev–Trinajstić information content (AvgIpc) is 3.25. The van der Waals surface area contributed by atoms with E-state index < -0.39 is 39.7 Å². The Balaban J connectivity index is 1.37. The van der Waals surface area contributed by atoms with Crippen molar-refractivity contribution in [3.63, 3.8) is 0 Å². The number of hydrogen-bond acceptors (Lipinski definition) is 9. The molecule has 5 heterocycles. The van der Waals surface area contributed by atoms with Crippen LogP contribution in [0.3, 0.4) is 0 Å². The first-order valence-corrected chi connectivity index (χ1v) is 15.8. The summed E-state index contributed by atoms with van der Waals surface area (Å²) in [5.74, 6) is 0.530. The molecule has 15 heteroatoms. The van der Waals surface area contributed by atoms with Gasteiger partial charge < -0.3 is 15.0 Å². The van der Waals surface area contributed by atoms with Crippen molar-refractivity contribution in [2.24, 2.45) is 16.7 Å². The van der Waals surface area contributed by atoms with Gasteiger partial charge in [-0.2, -0.15) is 21.6 Å². The predicted molar refractivity (Wildman–Crippen MR) is 155 cm³/mol. The lowest BCUT2D eigenvalue weighted by Gasteiger charge is -2.33. The molecular formula is C29H34F3N7O4S. The SMILES string of the molecule is CC1(C)CC23CC2CCNc2cccc(n2)S(=O)(=O)NC(=O)c2ccc(-n4ccc(OCC(C)(C)C(F)(F)F)n4)nc2N1C3. The first kappa shape index (κ1) is 30.2. The Kier molecular flexibility index (Phi) is 6.90. The van der Waals surface area contributed by atoms with Crippen LogP contribution in [-0.2, 0) is 10.0 Å². The zero-order valence-corrected chi connectivity index (χ0v) is 25.6. The zero-order chi connectivity index (χ0) is 31.7. The number of fused-ring (bicyclic) bond motifs is 5. The summed E-state index contributed by atoms with van der Waals surface area (Å²) in [5, 5.41) is 7.18. The third-order valence-corrected chi connectivity index (χ3v) is 10.1. The summed E-state index contributed by atoms with van der Waals surface area (Å²) in [6.45, 7) is 6.86. The van der Waals surface area contributed by atoms with Crippen molar-refractivity contribution in [2.75, 3.05) is 29.9 Å². The summed E-state index contributed by atoms with van der Waals surface area (Å²) in [4.78, 5) is 24.7. The van der Waals surface area contributed by atoms with E-state index in [4.69, 9.17) is 9.72 Å². The fraction of sp³-hybridized carbons (Fsp3) is 0.517. The monoisotopic (exact) mass is 633 g/mol. The topological polar surface area (TPSA) is 131 Å². The average molecular weight is 634 g/mol. The molecule has 1 saturated carbocycles. The van der Waals surface area contributed by atoms with E-state index in [0.29, 0.717) is 24.8 Å². The van der Waals surface area contributed by atoms with Crippen molar-refractivity contribution in [2.45, 2.75) is 63.7 Å². The fourth-order valence-electron chi connectivity index (χ4n) is 6.22. The molecule has 6 rings (SSSR count). The number of anilines is 2. The van der Waals surface area contributed by atoms with Crippen LogP contribution in [0, 0.1) is 16.7 Å². The molecule has 0 aromatic carbocycles. The second kappa shape index (κ2) is 10.1. The van der Waals surface area contributed by atoms with Crippen LogP contribution in [0.2, 0.25) is 0 Å². The first-order chi connectivity index (χ1) is 20.5. The Morgan fingerprint density at radius 2 is 1.89 bits per heavy atom. The highest BCUT2D eigenvalue weighted by Gasteiger charge is 2.62. The molecule has 4 bridgehead atoms. The maximum Gasteiger partial charge on any atom is 0.397 e. The first-order valence-electron chi connectivity index (χ1n) is 14.3. The summed E-state index contributed by atoms with van der Waals surface area (Å²) in [6, 6.07) is 8.98. The number of nitrogens with zero attached hydrogens (tertiary/aromatic N) is 5. The molecule has 1 saturated heterocycles. The Labute approximate surface area is 253 Å². The lowest BCUT2D eigenvalue weighted by molar-refractivity contribution is -0.219. The van der Waals surface area contributed by atoms with E-state index in [1.165, 1.54) is 35.1 Å². The molecule has 2 N–H and O–H groups in total. The molecule has 2 atom stereocenters. The summed E-state index contributed by atoms with van der Waals surface area (Å²) < 4.78 is 75.1. The van der Waals surface area contributed by atoms with Gasteiger partial charge in [0.25, 0.3) is 15.9 Å². The molecule has 3 aliphatic rings. The van der Waals surface area contributed by atoms with Crippen LogP contribution in [0.5, 0.6) is 5.88 Å². The number of ether oxygens (including phenoxy) is 1. The quantitative estimate of drug-likeness (QED) is 0.425. The summed E-state index contributed by atoms with van der Waals surface area (Å²) in [5.41, 5.74) is -2.41. The van der Waals surface area contributed by atoms with E-state index in [-0.39, 0.29) is 33.5 Å². The summed E-state index contributed by atoms with van der Waals surface area (Å²) in [7, 11) is -4.32. The van der Waals surface area contributed by atoms with Gasteiger partial charge in [-0.1, -0.05) is 6.07 Å². The van der Waals surface area contributed by atoms with E-state index >= 15 is 0 Å². The molecule has 1 spiro atoms. The largest absolute Gasteiger partial charge is 0.476 e. The molecule has 2 unspecified atom stereocenters.